The standard InChI is InChI=1S/C15H17NO5S2/c1-10-4-6-12(13(8-10)20-3)21-9-14(17)16-23(18,19)15-7-5-11(2)22-15/h4-8H,9H2,1-3H3,(H,16,17). The predicted octanol–water partition coefficient (Wildman–Crippen LogP) is 2.26. The van der Waals surface area contributed by atoms with E-state index in [1.165, 1.54) is 13.2 Å². The maximum Gasteiger partial charge on any atom is 0.273 e. The van der Waals surface area contributed by atoms with Gasteiger partial charge < -0.3 is 9.47 Å². The van der Waals surface area contributed by atoms with Crippen molar-refractivity contribution >= 4 is 27.3 Å². The Morgan fingerprint density at radius 2 is 1.91 bits per heavy atom. The molecule has 6 nitrogen and oxygen atoms in total. The van der Waals surface area contributed by atoms with Crippen LogP contribution in [0.4, 0.5) is 0 Å². The van der Waals surface area contributed by atoms with Crippen molar-refractivity contribution in [1.82, 2.24) is 4.72 Å². The van der Waals surface area contributed by atoms with Gasteiger partial charge in [-0.25, -0.2) is 13.1 Å². The number of thiophene rings is 1. The van der Waals surface area contributed by atoms with E-state index in [0.29, 0.717) is 11.5 Å². The molecule has 0 unspecified atom stereocenters. The number of aryl methyl sites for hydroxylation is 2. The molecule has 1 amide bonds. The molecule has 0 fully saturated rings. The van der Waals surface area contributed by atoms with E-state index >= 15 is 0 Å². The van der Waals surface area contributed by atoms with Crippen LogP contribution in [0.3, 0.4) is 0 Å². The topological polar surface area (TPSA) is 81.7 Å². The molecule has 0 bridgehead atoms. The summed E-state index contributed by atoms with van der Waals surface area (Å²) >= 11 is 1.10. The highest BCUT2D eigenvalue weighted by Crippen LogP contribution is 2.27. The largest absolute Gasteiger partial charge is 0.493 e. The first-order valence-corrected chi connectivity index (χ1v) is 9.01. The van der Waals surface area contributed by atoms with Crippen molar-refractivity contribution in [3.8, 4) is 11.5 Å². The molecule has 0 aliphatic heterocycles. The van der Waals surface area contributed by atoms with Gasteiger partial charge in [0.25, 0.3) is 15.9 Å². The van der Waals surface area contributed by atoms with E-state index in [4.69, 9.17) is 9.47 Å². The first-order chi connectivity index (χ1) is 10.8. The molecule has 124 valence electrons. The van der Waals surface area contributed by atoms with Gasteiger partial charge in [-0.3, -0.25) is 4.79 Å². The van der Waals surface area contributed by atoms with Crippen molar-refractivity contribution in [2.45, 2.75) is 18.1 Å². The Labute approximate surface area is 139 Å². The molecular formula is C15H17NO5S2. The molecule has 8 heteroatoms. The van der Waals surface area contributed by atoms with Gasteiger partial charge in [0.05, 0.1) is 7.11 Å². The fourth-order valence-corrected chi connectivity index (χ4v) is 4.08. The highest BCUT2D eigenvalue weighted by Gasteiger charge is 2.20. The summed E-state index contributed by atoms with van der Waals surface area (Å²) in [6.45, 7) is 3.26. The molecule has 1 heterocycles. The Morgan fingerprint density at radius 3 is 2.52 bits per heavy atom. The summed E-state index contributed by atoms with van der Waals surface area (Å²) in [7, 11) is -2.37. The molecule has 0 atom stereocenters. The fourth-order valence-electron chi connectivity index (χ4n) is 1.82. The Balaban J connectivity index is 2.00. The maximum atomic E-state index is 12.0. The van der Waals surface area contributed by atoms with Gasteiger partial charge in [0, 0.05) is 4.88 Å². The Hall–Kier alpha value is -2.06. The summed E-state index contributed by atoms with van der Waals surface area (Å²) in [6, 6.07) is 8.37. The van der Waals surface area contributed by atoms with Gasteiger partial charge in [0.1, 0.15) is 4.21 Å². The van der Waals surface area contributed by atoms with E-state index in [2.05, 4.69) is 0 Å². The molecule has 0 spiro atoms. The molecule has 0 saturated heterocycles. The molecule has 0 radical (unpaired) electrons. The zero-order chi connectivity index (χ0) is 17.0. The number of hydrogen-bond donors (Lipinski definition) is 1. The normalized spacial score (nSPS) is 11.1. The number of carbonyl (C=O) groups excluding carboxylic acids is 1. The quantitative estimate of drug-likeness (QED) is 0.859. The lowest BCUT2D eigenvalue weighted by atomic mass is 10.2. The van der Waals surface area contributed by atoms with Crippen LogP contribution in [0, 0.1) is 13.8 Å². The number of nitrogens with one attached hydrogen (secondary N) is 1. The lowest BCUT2D eigenvalue weighted by Crippen LogP contribution is -2.34. The first kappa shape index (κ1) is 17.3. The number of sulfonamides is 1. The van der Waals surface area contributed by atoms with Gasteiger partial charge in [-0.15, -0.1) is 11.3 Å². The van der Waals surface area contributed by atoms with Crippen LogP contribution < -0.4 is 14.2 Å². The summed E-state index contributed by atoms with van der Waals surface area (Å²) in [6.07, 6.45) is 0. The van der Waals surface area contributed by atoms with E-state index in [-0.39, 0.29) is 4.21 Å². The number of hydrogen-bond acceptors (Lipinski definition) is 6. The number of amides is 1. The van der Waals surface area contributed by atoms with Crippen LogP contribution in [-0.2, 0) is 14.8 Å². The van der Waals surface area contributed by atoms with E-state index in [9.17, 15) is 13.2 Å². The Bertz CT molecular complexity index is 811. The van der Waals surface area contributed by atoms with Crippen molar-refractivity contribution in [1.29, 1.82) is 0 Å². The van der Waals surface area contributed by atoms with E-state index in [1.54, 1.807) is 31.2 Å². The summed E-state index contributed by atoms with van der Waals surface area (Å²) in [5.74, 6) is 0.103. The van der Waals surface area contributed by atoms with Gasteiger partial charge in [-0.05, 0) is 43.7 Å². The highest BCUT2D eigenvalue weighted by atomic mass is 32.2. The highest BCUT2D eigenvalue weighted by molar-refractivity contribution is 7.92. The number of rotatable bonds is 6. The molecule has 2 rings (SSSR count). The van der Waals surface area contributed by atoms with E-state index < -0.39 is 22.5 Å². The molecule has 0 aliphatic rings. The Morgan fingerprint density at radius 1 is 1.17 bits per heavy atom. The van der Waals surface area contributed by atoms with Crippen LogP contribution >= 0.6 is 11.3 Å². The van der Waals surface area contributed by atoms with Gasteiger partial charge in [-0.1, -0.05) is 6.07 Å². The van der Waals surface area contributed by atoms with Crippen molar-refractivity contribution in [2.75, 3.05) is 13.7 Å². The molecular weight excluding hydrogens is 338 g/mol. The summed E-state index contributed by atoms with van der Waals surface area (Å²) in [5, 5.41) is 0. The number of carbonyl (C=O) groups is 1. The fraction of sp³-hybridized carbons (Fsp3) is 0.267. The minimum absolute atomic E-state index is 0.0938. The number of ether oxygens (including phenoxy) is 2. The third-order valence-electron chi connectivity index (χ3n) is 2.91. The summed E-state index contributed by atoms with van der Waals surface area (Å²) in [4.78, 5) is 12.7. The minimum atomic E-state index is -3.86. The Kier molecular flexibility index (Phi) is 5.27. The van der Waals surface area contributed by atoms with Crippen LogP contribution in [0.15, 0.2) is 34.5 Å². The van der Waals surface area contributed by atoms with E-state index in [1.807, 2.05) is 11.6 Å². The van der Waals surface area contributed by atoms with Crippen LogP contribution in [0.25, 0.3) is 0 Å². The molecule has 1 aromatic heterocycles. The molecule has 23 heavy (non-hydrogen) atoms. The van der Waals surface area contributed by atoms with Gasteiger partial charge >= 0.3 is 0 Å². The van der Waals surface area contributed by atoms with Crippen LogP contribution in [0.1, 0.15) is 10.4 Å². The second-order valence-corrected chi connectivity index (χ2v) is 8.03. The van der Waals surface area contributed by atoms with Gasteiger partial charge in [0.2, 0.25) is 0 Å². The van der Waals surface area contributed by atoms with Crippen LogP contribution in [0.2, 0.25) is 0 Å². The van der Waals surface area contributed by atoms with Gasteiger partial charge in [0.15, 0.2) is 18.1 Å². The van der Waals surface area contributed by atoms with Gasteiger partial charge in [-0.2, -0.15) is 0 Å². The maximum absolute atomic E-state index is 12.0. The molecule has 1 N–H and O–H groups in total. The van der Waals surface area contributed by atoms with Crippen LogP contribution in [0.5, 0.6) is 11.5 Å². The lowest BCUT2D eigenvalue weighted by molar-refractivity contribution is -0.121. The summed E-state index contributed by atoms with van der Waals surface area (Å²) < 4.78 is 36.6. The lowest BCUT2D eigenvalue weighted by Gasteiger charge is -2.11. The number of benzene rings is 1. The average molecular weight is 355 g/mol. The molecule has 1 aromatic carbocycles. The minimum Gasteiger partial charge on any atom is -0.493 e. The summed E-state index contributed by atoms with van der Waals surface area (Å²) in [5.41, 5.74) is 0.981. The molecule has 0 saturated carbocycles. The molecule has 0 aliphatic carbocycles. The average Bonchev–Trinajstić information content (AvgIpc) is 2.93. The second-order valence-electron chi connectivity index (χ2n) is 4.84. The van der Waals surface area contributed by atoms with Crippen molar-refractivity contribution in [2.24, 2.45) is 0 Å². The number of methoxy groups -OCH3 is 1. The second kappa shape index (κ2) is 7.01. The SMILES string of the molecule is COc1cc(C)ccc1OCC(=O)NS(=O)(=O)c1ccc(C)s1. The third-order valence-corrected chi connectivity index (χ3v) is 5.77. The predicted molar refractivity (Wildman–Crippen MR) is 87.6 cm³/mol. The van der Waals surface area contributed by atoms with Crippen molar-refractivity contribution in [3.63, 3.8) is 0 Å². The third kappa shape index (κ3) is 4.46. The van der Waals surface area contributed by atoms with Crippen molar-refractivity contribution < 1.29 is 22.7 Å². The van der Waals surface area contributed by atoms with E-state index in [0.717, 1.165) is 21.8 Å². The zero-order valence-electron chi connectivity index (χ0n) is 13.0. The van der Waals surface area contributed by atoms with Crippen molar-refractivity contribution in [3.05, 3.63) is 40.8 Å². The smallest absolute Gasteiger partial charge is 0.273 e. The monoisotopic (exact) mass is 355 g/mol. The first-order valence-electron chi connectivity index (χ1n) is 6.71. The van der Waals surface area contributed by atoms with Crippen LogP contribution in [-0.4, -0.2) is 28.0 Å². The zero-order valence-corrected chi connectivity index (χ0v) is 14.6. The molecule has 2 aromatic rings.